The van der Waals surface area contributed by atoms with Gasteiger partial charge in [-0.3, -0.25) is 4.79 Å². The summed E-state index contributed by atoms with van der Waals surface area (Å²) >= 11 is 0. The molecule has 0 bridgehead atoms. The number of amides is 1. The van der Waals surface area contributed by atoms with Gasteiger partial charge < -0.3 is 19.9 Å². The Balaban J connectivity index is 1.78. The van der Waals surface area contributed by atoms with Crippen molar-refractivity contribution < 1.29 is 9.90 Å². The van der Waals surface area contributed by atoms with E-state index in [0.29, 0.717) is 13.0 Å². The van der Waals surface area contributed by atoms with Crippen molar-refractivity contribution in [2.24, 2.45) is 0 Å². The van der Waals surface area contributed by atoms with Crippen LogP contribution in [0.3, 0.4) is 0 Å². The number of β-amino-alcohol motifs (C(OH)–C–C–N with tert-alkyl or cyclic N) is 1. The number of carbonyl (C=O) groups excluding carboxylic acids is 1. The summed E-state index contributed by atoms with van der Waals surface area (Å²) < 4.78 is 2.28. The third-order valence-electron chi connectivity index (χ3n) is 4.38. The average molecular weight is 263 g/mol. The minimum Gasteiger partial charge on any atom is -0.392 e. The highest BCUT2D eigenvalue weighted by Gasteiger charge is 2.35. The van der Waals surface area contributed by atoms with Gasteiger partial charge in [0.2, 0.25) is 5.91 Å². The summed E-state index contributed by atoms with van der Waals surface area (Å²) in [5.74, 6) is 0.120. The van der Waals surface area contributed by atoms with E-state index in [1.165, 1.54) is 11.4 Å². The SMILES string of the molecule is Cc1ccc2n1CCN(C(=O)C1CC(O)CN1)C2C. The Labute approximate surface area is 113 Å². The minimum absolute atomic E-state index is 0.106. The lowest BCUT2D eigenvalue weighted by Crippen LogP contribution is -2.48. The fourth-order valence-electron chi connectivity index (χ4n) is 3.23. The van der Waals surface area contributed by atoms with Gasteiger partial charge in [-0.2, -0.15) is 0 Å². The summed E-state index contributed by atoms with van der Waals surface area (Å²) in [6.07, 6.45) is 0.141. The molecule has 3 heterocycles. The smallest absolute Gasteiger partial charge is 0.240 e. The largest absolute Gasteiger partial charge is 0.392 e. The molecule has 5 heteroatoms. The Morgan fingerprint density at radius 3 is 2.89 bits per heavy atom. The van der Waals surface area contributed by atoms with Crippen molar-refractivity contribution in [3.05, 3.63) is 23.5 Å². The van der Waals surface area contributed by atoms with E-state index >= 15 is 0 Å². The van der Waals surface area contributed by atoms with Crippen LogP contribution in [0.5, 0.6) is 0 Å². The van der Waals surface area contributed by atoms with Crippen molar-refractivity contribution in [2.45, 2.75) is 45.0 Å². The molecule has 1 fully saturated rings. The summed E-state index contributed by atoms with van der Waals surface area (Å²) in [5, 5.41) is 12.6. The van der Waals surface area contributed by atoms with Crippen LogP contribution in [0.1, 0.15) is 30.8 Å². The molecule has 104 valence electrons. The molecule has 3 unspecified atom stereocenters. The summed E-state index contributed by atoms with van der Waals surface area (Å²) in [7, 11) is 0. The number of rotatable bonds is 1. The van der Waals surface area contributed by atoms with Gasteiger partial charge in [0.15, 0.2) is 0 Å². The molecule has 3 rings (SSSR count). The first-order valence-electron chi connectivity index (χ1n) is 6.96. The van der Waals surface area contributed by atoms with Crippen LogP contribution in [-0.4, -0.2) is 45.7 Å². The molecule has 0 aliphatic carbocycles. The molecule has 2 aliphatic rings. The van der Waals surface area contributed by atoms with Gasteiger partial charge in [0.1, 0.15) is 0 Å². The average Bonchev–Trinajstić information content (AvgIpc) is 2.97. The van der Waals surface area contributed by atoms with Crippen molar-refractivity contribution in [3.63, 3.8) is 0 Å². The number of hydrogen-bond donors (Lipinski definition) is 2. The first-order chi connectivity index (χ1) is 9.08. The maximum absolute atomic E-state index is 12.5. The zero-order valence-corrected chi connectivity index (χ0v) is 11.5. The Hall–Kier alpha value is -1.33. The second-order valence-electron chi connectivity index (χ2n) is 5.61. The van der Waals surface area contributed by atoms with Gasteiger partial charge in [-0.05, 0) is 32.4 Å². The fourth-order valence-corrected chi connectivity index (χ4v) is 3.23. The number of carbonyl (C=O) groups is 1. The van der Waals surface area contributed by atoms with Gasteiger partial charge in [0.25, 0.3) is 0 Å². The van der Waals surface area contributed by atoms with Crippen LogP contribution >= 0.6 is 0 Å². The zero-order chi connectivity index (χ0) is 13.6. The van der Waals surface area contributed by atoms with E-state index in [2.05, 4.69) is 35.9 Å². The second-order valence-corrected chi connectivity index (χ2v) is 5.61. The van der Waals surface area contributed by atoms with Crippen LogP contribution in [0, 0.1) is 6.92 Å². The number of aromatic nitrogens is 1. The number of fused-ring (bicyclic) bond motifs is 1. The number of aryl methyl sites for hydroxylation is 1. The van der Waals surface area contributed by atoms with Gasteiger partial charge >= 0.3 is 0 Å². The van der Waals surface area contributed by atoms with Crippen LogP contribution in [0.25, 0.3) is 0 Å². The van der Waals surface area contributed by atoms with Crippen LogP contribution in [0.2, 0.25) is 0 Å². The molecular weight excluding hydrogens is 242 g/mol. The normalized spacial score (nSPS) is 30.5. The maximum atomic E-state index is 12.5. The molecule has 1 aromatic heterocycles. The van der Waals surface area contributed by atoms with Crippen LogP contribution < -0.4 is 5.32 Å². The number of nitrogens with one attached hydrogen (secondary N) is 1. The standard InChI is InChI=1S/C14H21N3O2/c1-9-3-4-13-10(2)17(6-5-16(9)13)14(19)12-7-11(18)8-15-12/h3-4,10-12,15,18H,5-8H2,1-2H3. The molecule has 2 aliphatic heterocycles. The topological polar surface area (TPSA) is 57.5 Å². The van der Waals surface area contributed by atoms with E-state index in [9.17, 15) is 9.90 Å². The lowest BCUT2D eigenvalue weighted by atomic mass is 10.1. The van der Waals surface area contributed by atoms with E-state index in [1.807, 2.05) is 4.90 Å². The molecule has 1 aromatic rings. The highest BCUT2D eigenvalue weighted by molar-refractivity contribution is 5.82. The van der Waals surface area contributed by atoms with Gasteiger partial charge in [0, 0.05) is 31.0 Å². The first-order valence-corrected chi connectivity index (χ1v) is 6.96. The first kappa shape index (κ1) is 12.7. The molecule has 2 N–H and O–H groups in total. The van der Waals surface area contributed by atoms with Crippen LogP contribution in [0.15, 0.2) is 12.1 Å². The van der Waals surface area contributed by atoms with Crippen molar-refractivity contribution in [1.82, 2.24) is 14.8 Å². The van der Waals surface area contributed by atoms with Crippen molar-refractivity contribution in [2.75, 3.05) is 13.1 Å². The number of aliphatic hydroxyl groups excluding tert-OH is 1. The summed E-state index contributed by atoms with van der Waals surface area (Å²) in [6, 6.07) is 4.10. The molecule has 1 saturated heterocycles. The molecule has 19 heavy (non-hydrogen) atoms. The van der Waals surface area contributed by atoms with E-state index < -0.39 is 0 Å². The van der Waals surface area contributed by atoms with E-state index in [0.717, 1.165) is 13.1 Å². The molecule has 3 atom stereocenters. The summed E-state index contributed by atoms with van der Waals surface area (Å²) in [6.45, 7) is 6.31. The fraction of sp³-hybridized carbons (Fsp3) is 0.643. The maximum Gasteiger partial charge on any atom is 0.240 e. The Morgan fingerprint density at radius 1 is 1.42 bits per heavy atom. The monoisotopic (exact) mass is 263 g/mol. The number of aliphatic hydroxyl groups is 1. The Morgan fingerprint density at radius 2 is 2.21 bits per heavy atom. The van der Waals surface area contributed by atoms with E-state index in [4.69, 9.17) is 0 Å². The minimum atomic E-state index is -0.389. The summed E-state index contributed by atoms with van der Waals surface area (Å²) in [4.78, 5) is 14.5. The quantitative estimate of drug-likeness (QED) is 0.772. The van der Waals surface area contributed by atoms with Gasteiger partial charge in [-0.15, -0.1) is 0 Å². The third-order valence-corrected chi connectivity index (χ3v) is 4.38. The van der Waals surface area contributed by atoms with Gasteiger partial charge in [-0.25, -0.2) is 0 Å². The third kappa shape index (κ3) is 2.07. The Bertz CT molecular complexity index is 497. The van der Waals surface area contributed by atoms with E-state index in [1.54, 1.807) is 0 Å². The molecule has 1 amide bonds. The van der Waals surface area contributed by atoms with Gasteiger partial charge in [-0.1, -0.05) is 0 Å². The number of nitrogens with zero attached hydrogens (tertiary/aromatic N) is 2. The van der Waals surface area contributed by atoms with Crippen molar-refractivity contribution in [3.8, 4) is 0 Å². The Kier molecular flexibility index (Phi) is 3.11. The second kappa shape index (κ2) is 4.65. The van der Waals surface area contributed by atoms with Gasteiger partial charge in [0.05, 0.1) is 18.2 Å². The van der Waals surface area contributed by atoms with Crippen molar-refractivity contribution in [1.29, 1.82) is 0 Å². The van der Waals surface area contributed by atoms with E-state index in [-0.39, 0.29) is 24.1 Å². The lowest BCUT2D eigenvalue weighted by molar-refractivity contribution is -0.136. The summed E-state index contributed by atoms with van der Waals surface area (Å²) in [5.41, 5.74) is 2.46. The number of hydrogen-bond acceptors (Lipinski definition) is 3. The van der Waals surface area contributed by atoms with Crippen LogP contribution in [0.4, 0.5) is 0 Å². The molecule has 0 saturated carbocycles. The van der Waals surface area contributed by atoms with Crippen LogP contribution in [-0.2, 0) is 11.3 Å². The molecule has 0 radical (unpaired) electrons. The predicted molar refractivity (Wildman–Crippen MR) is 71.7 cm³/mol. The zero-order valence-electron chi connectivity index (χ0n) is 11.5. The molecule has 0 spiro atoms. The highest BCUT2D eigenvalue weighted by Crippen LogP contribution is 2.28. The van der Waals surface area contributed by atoms with Crippen molar-refractivity contribution >= 4 is 5.91 Å². The lowest BCUT2D eigenvalue weighted by Gasteiger charge is -2.37. The predicted octanol–water partition coefficient (Wildman–Crippen LogP) is 0.423. The molecule has 5 nitrogen and oxygen atoms in total. The molecule has 0 aromatic carbocycles. The highest BCUT2D eigenvalue weighted by atomic mass is 16.3. The molecular formula is C14H21N3O2.